The summed E-state index contributed by atoms with van der Waals surface area (Å²) in [5.41, 5.74) is 2.96. The highest BCUT2D eigenvalue weighted by molar-refractivity contribution is 9.10. The van der Waals surface area contributed by atoms with E-state index in [1.54, 1.807) is 18.2 Å². The number of hydrogen-bond donors (Lipinski definition) is 2. The van der Waals surface area contributed by atoms with Gasteiger partial charge >= 0.3 is 0 Å². The molecule has 118 valence electrons. The van der Waals surface area contributed by atoms with E-state index in [0.29, 0.717) is 11.3 Å². The molecule has 0 atom stereocenters. The van der Waals surface area contributed by atoms with Crippen molar-refractivity contribution in [3.8, 4) is 0 Å². The second-order valence-electron chi connectivity index (χ2n) is 5.75. The number of hydrogen-bond acceptors (Lipinski definition) is 2. The molecule has 4 nitrogen and oxygen atoms in total. The van der Waals surface area contributed by atoms with Gasteiger partial charge in [0.15, 0.2) is 0 Å². The zero-order chi connectivity index (χ0) is 16.4. The number of aryl methyl sites for hydroxylation is 1. The van der Waals surface area contributed by atoms with E-state index in [2.05, 4.69) is 26.6 Å². The standard InChI is InChI=1S/C18H17BrN2O2/c1-11-2-9-15(10-16(11)21-18(23)12-3-4-12)20-17(22)13-5-7-14(19)8-6-13/h2,5-10,12H,3-4H2,1H3,(H,20,22)(H,21,23). The van der Waals surface area contributed by atoms with E-state index in [4.69, 9.17) is 0 Å². The first kappa shape index (κ1) is 15.7. The molecule has 2 aromatic carbocycles. The lowest BCUT2D eigenvalue weighted by Gasteiger charge is -2.11. The van der Waals surface area contributed by atoms with Crippen LogP contribution in [0.25, 0.3) is 0 Å². The predicted octanol–water partition coefficient (Wildman–Crippen LogP) is 4.36. The Bertz CT molecular complexity index is 752. The van der Waals surface area contributed by atoms with E-state index in [1.807, 2.05) is 31.2 Å². The maximum absolute atomic E-state index is 12.2. The van der Waals surface area contributed by atoms with E-state index in [-0.39, 0.29) is 17.7 Å². The van der Waals surface area contributed by atoms with E-state index >= 15 is 0 Å². The van der Waals surface area contributed by atoms with Crippen molar-refractivity contribution in [1.82, 2.24) is 0 Å². The molecule has 0 aliphatic heterocycles. The van der Waals surface area contributed by atoms with Crippen LogP contribution in [0.2, 0.25) is 0 Å². The van der Waals surface area contributed by atoms with Crippen molar-refractivity contribution in [3.05, 3.63) is 58.1 Å². The van der Waals surface area contributed by atoms with Gasteiger partial charge in [-0.15, -0.1) is 0 Å². The van der Waals surface area contributed by atoms with Crippen LogP contribution in [0.1, 0.15) is 28.8 Å². The van der Waals surface area contributed by atoms with Crippen molar-refractivity contribution in [2.45, 2.75) is 19.8 Å². The fourth-order valence-corrected chi connectivity index (χ4v) is 2.48. The van der Waals surface area contributed by atoms with Crippen LogP contribution in [0.4, 0.5) is 11.4 Å². The Kier molecular flexibility index (Phi) is 4.48. The molecular formula is C18H17BrN2O2. The molecule has 0 radical (unpaired) electrons. The zero-order valence-corrected chi connectivity index (χ0v) is 14.3. The summed E-state index contributed by atoms with van der Waals surface area (Å²) in [7, 11) is 0. The minimum atomic E-state index is -0.180. The molecule has 0 unspecified atom stereocenters. The van der Waals surface area contributed by atoms with Gasteiger partial charge in [0.1, 0.15) is 0 Å². The van der Waals surface area contributed by atoms with Crippen LogP contribution in [0.15, 0.2) is 46.9 Å². The predicted molar refractivity (Wildman–Crippen MR) is 94.6 cm³/mol. The minimum absolute atomic E-state index is 0.0597. The van der Waals surface area contributed by atoms with Gasteiger partial charge in [-0.1, -0.05) is 22.0 Å². The van der Waals surface area contributed by atoms with Crippen LogP contribution >= 0.6 is 15.9 Å². The van der Waals surface area contributed by atoms with Crippen molar-refractivity contribution in [2.24, 2.45) is 5.92 Å². The first-order valence-corrected chi connectivity index (χ1v) is 8.30. The molecule has 2 N–H and O–H groups in total. The normalized spacial score (nSPS) is 13.5. The average molecular weight is 373 g/mol. The first-order valence-electron chi connectivity index (χ1n) is 7.51. The van der Waals surface area contributed by atoms with E-state index in [0.717, 1.165) is 28.6 Å². The molecule has 1 saturated carbocycles. The maximum Gasteiger partial charge on any atom is 0.255 e. The quantitative estimate of drug-likeness (QED) is 0.837. The van der Waals surface area contributed by atoms with E-state index < -0.39 is 0 Å². The number of amides is 2. The lowest BCUT2D eigenvalue weighted by Crippen LogP contribution is -2.15. The number of benzene rings is 2. The molecule has 0 spiro atoms. The van der Waals surface area contributed by atoms with Gasteiger partial charge in [0.25, 0.3) is 5.91 Å². The number of nitrogens with one attached hydrogen (secondary N) is 2. The van der Waals surface area contributed by atoms with Crippen molar-refractivity contribution < 1.29 is 9.59 Å². The number of carbonyl (C=O) groups excluding carboxylic acids is 2. The second kappa shape index (κ2) is 6.54. The lowest BCUT2D eigenvalue weighted by molar-refractivity contribution is -0.117. The van der Waals surface area contributed by atoms with Gasteiger partial charge in [-0.2, -0.15) is 0 Å². The van der Waals surface area contributed by atoms with Gasteiger partial charge < -0.3 is 10.6 Å². The van der Waals surface area contributed by atoms with Gasteiger partial charge in [0.05, 0.1) is 0 Å². The molecule has 2 amide bonds. The Morgan fingerprint density at radius 1 is 1.04 bits per heavy atom. The summed E-state index contributed by atoms with van der Waals surface area (Å²) < 4.78 is 0.925. The van der Waals surface area contributed by atoms with Crippen molar-refractivity contribution >= 4 is 39.1 Å². The van der Waals surface area contributed by atoms with Crippen LogP contribution in [-0.4, -0.2) is 11.8 Å². The summed E-state index contributed by atoms with van der Waals surface area (Å²) in [6, 6.07) is 12.7. The molecule has 0 saturated heterocycles. The fraction of sp³-hybridized carbons (Fsp3) is 0.222. The molecular weight excluding hydrogens is 356 g/mol. The molecule has 1 fully saturated rings. The third-order valence-electron chi connectivity index (χ3n) is 3.81. The van der Waals surface area contributed by atoms with Gasteiger partial charge in [-0.05, 0) is 61.7 Å². The molecule has 2 aromatic rings. The molecule has 3 rings (SSSR count). The minimum Gasteiger partial charge on any atom is -0.326 e. The van der Waals surface area contributed by atoms with Gasteiger partial charge in [-0.3, -0.25) is 9.59 Å². The summed E-state index contributed by atoms with van der Waals surface area (Å²) in [6.45, 7) is 1.93. The Morgan fingerprint density at radius 2 is 1.74 bits per heavy atom. The van der Waals surface area contributed by atoms with E-state index in [1.165, 1.54) is 0 Å². The Hall–Kier alpha value is -2.14. The smallest absolute Gasteiger partial charge is 0.255 e. The highest BCUT2D eigenvalue weighted by atomic mass is 79.9. The molecule has 1 aliphatic rings. The number of rotatable bonds is 4. The number of anilines is 2. The highest BCUT2D eigenvalue weighted by Crippen LogP contribution is 2.31. The Labute approximate surface area is 143 Å². The Balaban J connectivity index is 1.73. The molecule has 0 heterocycles. The molecule has 23 heavy (non-hydrogen) atoms. The summed E-state index contributed by atoms with van der Waals surface area (Å²) in [4.78, 5) is 24.2. The lowest BCUT2D eigenvalue weighted by atomic mass is 10.1. The summed E-state index contributed by atoms with van der Waals surface area (Å²) in [5.74, 6) is 0.0284. The van der Waals surface area contributed by atoms with Gasteiger partial charge in [0.2, 0.25) is 5.91 Å². The van der Waals surface area contributed by atoms with Gasteiger partial charge in [0, 0.05) is 27.3 Å². The van der Waals surface area contributed by atoms with Crippen LogP contribution in [0.5, 0.6) is 0 Å². The largest absolute Gasteiger partial charge is 0.326 e. The number of halogens is 1. The second-order valence-corrected chi connectivity index (χ2v) is 6.67. The van der Waals surface area contributed by atoms with Gasteiger partial charge in [-0.25, -0.2) is 0 Å². The van der Waals surface area contributed by atoms with Crippen LogP contribution < -0.4 is 10.6 Å². The van der Waals surface area contributed by atoms with E-state index in [9.17, 15) is 9.59 Å². The van der Waals surface area contributed by atoms with Crippen LogP contribution in [0, 0.1) is 12.8 Å². The Morgan fingerprint density at radius 3 is 2.39 bits per heavy atom. The van der Waals surface area contributed by atoms with Crippen LogP contribution in [-0.2, 0) is 4.79 Å². The fourth-order valence-electron chi connectivity index (χ4n) is 2.22. The third-order valence-corrected chi connectivity index (χ3v) is 4.34. The first-order chi connectivity index (χ1) is 11.0. The monoisotopic (exact) mass is 372 g/mol. The van der Waals surface area contributed by atoms with Crippen molar-refractivity contribution in [2.75, 3.05) is 10.6 Å². The molecule has 0 aromatic heterocycles. The molecule has 0 bridgehead atoms. The van der Waals surface area contributed by atoms with Crippen molar-refractivity contribution in [1.29, 1.82) is 0 Å². The highest BCUT2D eigenvalue weighted by Gasteiger charge is 2.29. The summed E-state index contributed by atoms with van der Waals surface area (Å²) in [6.07, 6.45) is 1.93. The zero-order valence-electron chi connectivity index (χ0n) is 12.7. The van der Waals surface area contributed by atoms with Crippen molar-refractivity contribution in [3.63, 3.8) is 0 Å². The number of carbonyl (C=O) groups is 2. The van der Waals surface area contributed by atoms with Crippen LogP contribution in [0.3, 0.4) is 0 Å². The summed E-state index contributed by atoms with van der Waals surface area (Å²) >= 11 is 3.35. The maximum atomic E-state index is 12.2. The average Bonchev–Trinajstić information content (AvgIpc) is 3.36. The molecule has 5 heteroatoms. The molecule has 1 aliphatic carbocycles. The topological polar surface area (TPSA) is 58.2 Å². The third kappa shape index (κ3) is 3.99. The summed E-state index contributed by atoms with van der Waals surface area (Å²) in [5, 5.41) is 5.79. The SMILES string of the molecule is Cc1ccc(NC(=O)c2ccc(Br)cc2)cc1NC(=O)C1CC1.